The van der Waals surface area contributed by atoms with Crippen molar-refractivity contribution in [1.29, 1.82) is 0 Å². The largest absolute Gasteiger partial charge is 0.411 e. The first-order chi connectivity index (χ1) is 15.4. The quantitative estimate of drug-likeness (QED) is 0.382. The predicted molar refractivity (Wildman–Crippen MR) is 143 cm³/mol. The molecule has 0 spiro atoms. The van der Waals surface area contributed by atoms with Crippen molar-refractivity contribution >= 4 is 45.3 Å². The summed E-state index contributed by atoms with van der Waals surface area (Å²) in [5.41, 5.74) is 7.02. The average Bonchev–Trinajstić information content (AvgIpc) is 3.21. The second-order valence-corrected chi connectivity index (χ2v) is 22.5. The molecule has 1 saturated carbocycles. The van der Waals surface area contributed by atoms with E-state index in [0.29, 0.717) is 17.6 Å². The molecule has 0 amide bonds. The molecule has 1 fully saturated rings. The molecular weight excluding hydrogens is 486 g/mol. The van der Waals surface area contributed by atoms with Crippen LogP contribution in [0.15, 0.2) is 6.33 Å². The summed E-state index contributed by atoms with van der Waals surface area (Å²) in [6.45, 7) is 22.4. The summed E-state index contributed by atoms with van der Waals surface area (Å²) in [5, 5.41) is 10.7. The number of imidazole rings is 1. The zero-order valence-corrected chi connectivity index (χ0v) is 25.1. The number of nitrogens with zero attached hydrogens (tertiary/aromatic N) is 4. The zero-order chi connectivity index (χ0) is 25.9. The number of hydrogen-bond donors (Lipinski definition) is 2. The summed E-state index contributed by atoms with van der Waals surface area (Å²) in [6, 6.07) is -0.128. The molecule has 4 atom stereocenters. The van der Waals surface area contributed by atoms with Crippen LogP contribution in [-0.2, 0) is 8.85 Å². The SMILES string of the molecule is CC(C)(C)[Si](C)(C)O[C@@H]1[C@@H](CO)C[C@@H](n2cnc3c(Cl)nc(N)nc32)[C@@H]1O[Si](C)(C)C(C)(C)C. The number of aromatic nitrogens is 4. The molecule has 0 aliphatic heterocycles. The molecule has 8 nitrogen and oxygen atoms in total. The first kappa shape index (κ1) is 27.5. The van der Waals surface area contributed by atoms with Gasteiger partial charge in [0, 0.05) is 12.5 Å². The van der Waals surface area contributed by atoms with E-state index in [-0.39, 0.29) is 52.0 Å². The van der Waals surface area contributed by atoms with Crippen LogP contribution < -0.4 is 5.73 Å². The van der Waals surface area contributed by atoms with E-state index >= 15 is 0 Å². The Morgan fingerprint density at radius 3 is 2.06 bits per heavy atom. The molecule has 1 aliphatic carbocycles. The number of nitrogens with two attached hydrogens (primary N) is 1. The maximum Gasteiger partial charge on any atom is 0.223 e. The Hall–Kier alpha value is -1.05. The maximum atomic E-state index is 10.4. The van der Waals surface area contributed by atoms with Gasteiger partial charge in [-0.05, 0) is 42.7 Å². The highest BCUT2D eigenvalue weighted by Gasteiger charge is 2.53. The van der Waals surface area contributed by atoms with Crippen LogP contribution in [0.5, 0.6) is 0 Å². The van der Waals surface area contributed by atoms with Crippen molar-refractivity contribution in [2.24, 2.45) is 5.92 Å². The lowest BCUT2D eigenvalue weighted by atomic mass is 10.1. The van der Waals surface area contributed by atoms with Crippen molar-refractivity contribution in [3.05, 3.63) is 11.5 Å². The highest BCUT2D eigenvalue weighted by Crippen LogP contribution is 2.48. The van der Waals surface area contributed by atoms with Gasteiger partial charge >= 0.3 is 0 Å². The topological polar surface area (TPSA) is 108 Å². The van der Waals surface area contributed by atoms with Crippen molar-refractivity contribution in [1.82, 2.24) is 19.5 Å². The minimum atomic E-state index is -2.18. The molecule has 11 heteroatoms. The van der Waals surface area contributed by atoms with Gasteiger partial charge in [0.05, 0.1) is 24.6 Å². The molecule has 0 unspecified atom stereocenters. The Morgan fingerprint density at radius 2 is 1.56 bits per heavy atom. The summed E-state index contributed by atoms with van der Waals surface area (Å²) in [4.78, 5) is 13.0. The van der Waals surface area contributed by atoms with Gasteiger partial charge in [-0.3, -0.25) is 0 Å². The molecular formula is C23H42ClN5O3Si2. The molecule has 192 valence electrons. The van der Waals surface area contributed by atoms with Gasteiger partial charge in [0.25, 0.3) is 0 Å². The van der Waals surface area contributed by atoms with Crippen LogP contribution in [0.3, 0.4) is 0 Å². The first-order valence-corrected chi connectivity index (χ1v) is 18.2. The summed E-state index contributed by atoms with van der Waals surface area (Å²) in [7, 11) is -4.33. The number of fused-ring (bicyclic) bond motifs is 1. The highest BCUT2D eigenvalue weighted by molar-refractivity contribution is 6.74. The minimum Gasteiger partial charge on any atom is -0.411 e. The van der Waals surface area contributed by atoms with Gasteiger partial charge in [-0.2, -0.15) is 9.97 Å². The molecule has 3 rings (SSSR count). The lowest BCUT2D eigenvalue weighted by Gasteiger charge is -2.45. The summed E-state index contributed by atoms with van der Waals surface area (Å²) >= 11 is 6.32. The molecule has 0 aromatic carbocycles. The van der Waals surface area contributed by atoms with Crippen LogP contribution >= 0.6 is 11.6 Å². The van der Waals surface area contributed by atoms with Crippen molar-refractivity contribution in [2.75, 3.05) is 12.3 Å². The predicted octanol–water partition coefficient (Wildman–Crippen LogP) is 5.40. The summed E-state index contributed by atoms with van der Waals surface area (Å²) in [5.74, 6) is 0.0351. The van der Waals surface area contributed by atoms with E-state index in [2.05, 4.69) is 82.7 Å². The van der Waals surface area contributed by atoms with E-state index in [1.54, 1.807) is 6.33 Å². The maximum absolute atomic E-state index is 10.4. The third kappa shape index (κ3) is 5.08. The van der Waals surface area contributed by atoms with Crippen LogP contribution in [0, 0.1) is 5.92 Å². The zero-order valence-electron chi connectivity index (χ0n) is 22.3. The van der Waals surface area contributed by atoms with Crippen molar-refractivity contribution in [3.8, 4) is 0 Å². The molecule has 0 bridgehead atoms. The number of aliphatic hydroxyl groups excluding tert-OH is 1. The number of hydrogen-bond acceptors (Lipinski definition) is 7. The van der Waals surface area contributed by atoms with E-state index < -0.39 is 16.6 Å². The minimum absolute atomic E-state index is 0.0171. The highest BCUT2D eigenvalue weighted by atomic mass is 35.5. The van der Waals surface area contributed by atoms with E-state index in [0.717, 1.165) is 0 Å². The fourth-order valence-electron chi connectivity index (χ4n) is 4.00. The second kappa shape index (κ2) is 9.12. The molecule has 2 heterocycles. The Bertz CT molecular complexity index is 1030. The fourth-order valence-corrected chi connectivity index (χ4v) is 6.90. The smallest absolute Gasteiger partial charge is 0.223 e. The standard InChI is InChI=1S/C23H42ClN5O3Si2/c1-22(2,3)33(7,8)31-17-14(12-30)11-15(18(17)32-34(9,10)23(4,5)6)29-13-26-16-19(24)27-21(25)28-20(16)29/h13-15,17-18,30H,11-12H2,1-10H3,(H2,25,27,28)/t14-,15-,17-,18+/m1/s1. The number of nitrogen functional groups attached to an aromatic ring is 1. The van der Waals surface area contributed by atoms with Crippen LogP contribution in [0.2, 0.25) is 41.4 Å². The van der Waals surface area contributed by atoms with Gasteiger partial charge < -0.3 is 24.3 Å². The Kier molecular flexibility index (Phi) is 7.38. The fraction of sp³-hybridized carbons (Fsp3) is 0.783. The molecule has 3 N–H and O–H groups in total. The number of anilines is 1. The first-order valence-electron chi connectivity index (χ1n) is 12.0. The Morgan fingerprint density at radius 1 is 1.03 bits per heavy atom. The number of halogens is 1. The molecule has 34 heavy (non-hydrogen) atoms. The lowest BCUT2D eigenvalue weighted by molar-refractivity contribution is 0.0110. The monoisotopic (exact) mass is 527 g/mol. The Balaban J connectivity index is 2.13. The van der Waals surface area contributed by atoms with Gasteiger partial charge in [0.2, 0.25) is 5.95 Å². The van der Waals surface area contributed by atoms with Crippen LogP contribution in [-0.4, -0.2) is 60.1 Å². The van der Waals surface area contributed by atoms with Gasteiger partial charge in [0.15, 0.2) is 27.4 Å². The number of aliphatic hydroxyl groups is 1. The normalized spacial score (nSPS) is 24.8. The van der Waals surface area contributed by atoms with E-state index in [9.17, 15) is 5.11 Å². The van der Waals surface area contributed by atoms with Crippen LogP contribution in [0.4, 0.5) is 5.95 Å². The summed E-state index contributed by atoms with van der Waals surface area (Å²) in [6.07, 6.45) is 1.92. The van der Waals surface area contributed by atoms with Gasteiger partial charge in [-0.25, -0.2) is 4.98 Å². The number of rotatable bonds is 6. The molecule has 2 aromatic heterocycles. The van der Waals surface area contributed by atoms with Gasteiger partial charge in [0.1, 0.15) is 5.52 Å². The van der Waals surface area contributed by atoms with E-state index in [4.69, 9.17) is 26.2 Å². The van der Waals surface area contributed by atoms with Gasteiger partial charge in [-0.15, -0.1) is 0 Å². The molecule has 0 saturated heterocycles. The van der Waals surface area contributed by atoms with Gasteiger partial charge in [-0.1, -0.05) is 53.1 Å². The third-order valence-corrected chi connectivity index (χ3v) is 17.4. The summed E-state index contributed by atoms with van der Waals surface area (Å²) < 4.78 is 16.1. The van der Waals surface area contributed by atoms with E-state index in [1.807, 2.05) is 4.57 Å². The Labute approximate surface area is 210 Å². The van der Waals surface area contributed by atoms with Crippen molar-refractivity contribution < 1.29 is 14.0 Å². The average molecular weight is 528 g/mol. The third-order valence-electron chi connectivity index (χ3n) is 8.17. The van der Waals surface area contributed by atoms with Crippen LogP contribution in [0.25, 0.3) is 11.2 Å². The molecule has 0 radical (unpaired) electrons. The second-order valence-electron chi connectivity index (χ2n) is 12.6. The van der Waals surface area contributed by atoms with Crippen LogP contribution in [0.1, 0.15) is 54.0 Å². The molecule has 2 aromatic rings. The van der Waals surface area contributed by atoms with Crippen molar-refractivity contribution in [3.63, 3.8) is 0 Å². The van der Waals surface area contributed by atoms with E-state index in [1.165, 1.54) is 0 Å². The van der Waals surface area contributed by atoms with Crippen molar-refractivity contribution in [2.45, 2.75) is 102 Å². The lowest BCUT2D eigenvalue weighted by Crippen LogP contribution is -2.53. The molecule has 1 aliphatic rings.